The van der Waals surface area contributed by atoms with E-state index in [1.807, 2.05) is 36.4 Å². The number of anilines is 1. The lowest BCUT2D eigenvalue weighted by Crippen LogP contribution is -2.27. The summed E-state index contributed by atoms with van der Waals surface area (Å²) in [5, 5.41) is 17.1. The summed E-state index contributed by atoms with van der Waals surface area (Å²) in [6.45, 7) is 0. The van der Waals surface area contributed by atoms with E-state index in [4.69, 9.17) is 15.2 Å². The number of nitrogens with two attached hydrogens (primary N) is 1. The first-order chi connectivity index (χ1) is 15.5. The van der Waals surface area contributed by atoms with Crippen LogP contribution in [0.25, 0.3) is 32.6 Å². The minimum Gasteiger partial charge on any atom is -0.857 e. The minimum atomic E-state index is -0.561. The molecule has 0 atom stereocenters. The quantitative estimate of drug-likeness (QED) is 0.259. The summed E-state index contributed by atoms with van der Waals surface area (Å²) in [5.74, 6) is -0.863. The van der Waals surface area contributed by atoms with Gasteiger partial charge >= 0.3 is 5.88 Å². The zero-order valence-corrected chi connectivity index (χ0v) is 17.6. The van der Waals surface area contributed by atoms with Crippen LogP contribution >= 0.6 is 11.3 Å². The van der Waals surface area contributed by atoms with Gasteiger partial charge in [0.25, 0.3) is 6.20 Å². The van der Waals surface area contributed by atoms with E-state index in [0.717, 1.165) is 16.9 Å². The van der Waals surface area contributed by atoms with E-state index in [0.29, 0.717) is 27.0 Å². The monoisotopic (exact) mass is 445 g/mol. The maximum atomic E-state index is 14.0. The van der Waals surface area contributed by atoms with Crippen molar-refractivity contribution in [1.29, 1.82) is 0 Å². The third kappa shape index (κ3) is 3.58. The number of fused-ring (bicyclic) bond motifs is 1. The molecule has 3 aromatic heterocycles. The average molecular weight is 445 g/mol. The number of halogens is 1. The fourth-order valence-corrected chi connectivity index (χ4v) is 4.44. The molecule has 7 nitrogen and oxygen atoms in total. The van der Waals surface area contributed by atoms with E-state index >= 15 is 0 Å². The van der Waals surface area contributed by atoms with Crippen molar-refractivity contribution in [2.75, 3.05) is 5.73 Å². The summed E-state index contributed by atoms with van der Waals surface area (Å²) < 4.78 is 20.4. The molecule has 0 aliphatic heterocycles. The number of nitrogens with zero attached hydrogens (tertiary/aromatic N) is 4. The van der Waals surface area contributed by atoms with E-state index in [9.17, 15) is 9.50 Å². The van der Waals surface area contributed by atoms with Gasteiger partial charge < -0.3 is 10.8 Å². The molecular formula is C23H16FN5O2S. The Morgan fingerprint density at radius 1 is 1.12 bits per heavy atom. The first kappa shape index (κ1) is 19.8. The van der Waals surface area contributed by atoms with Crippen LogP contribution in [0.15, 0.2) is 76.4 Å². The highest BCUT2D eigenvalue weighted by Crippen LogP contribution is 2.41. The minimum absolute atomic E-state index is 0.0673. The molecule has 0 bridgehead atoms. The highest BCUT2D eigenvalue weighted by molar-refractivity contribution is 7.21. The number of rotatable bonds is 4. The first-order valence-electron chi connectivity index (χ1n) is 9.62. The summed E-state index contributed by atoms with van der Waals surface area (Å²) in [5.41, 5.74) is 9.56. The number of benzene rings is 2. The number of hydrogen-bond acceptors (Lipinski definition) is 7. The smallest absolute Gasteiger partial charge is 0.320 e. The van der Waals surface area contributed by atoms with Crippen LogP contribution in [0.2, 0.25) is 0 Å². The fraction of sp³-hybridized carbons (Fsp3) is 0.0435. The molecule has 0 radical (unpaired) electrons. The molecule has 5 aromatic rings. The van der Waals surface area contributed by atoms with E-state index in [-0.39, 0.29) is 22.3 Å². The molecule has 32 heavy (non-hydrogen) atoms. The van der Waals surface area contributed by atoms with Crippen molar-refractivity contribution in [1.82, 2.24) is 10.3 Å². The lowest BCUT2D eigenvalue weighted by Gasteiger charge is -2.10. The second-order valence-corrected chi connectivity index (χ2v) is 8.09. The largest absolute Gasteiger partial charge is 0.857 e. The molecule has 2 N–H and O–H groups in total. The molecule has 0 amide bonds. The molecule has 0 saturated carbocycles. The number of thiophene rings is 1. The van der Waals surface area contributed by atoms with Gasteiger partial charge in [-0.3, -0.25) is 4.52 Å². The van der Waals surface area contributed by atoms with Crippen molar-refractivity contribution in [2.45, 2.75) is 0 Å². The molecular weight excluding hydrogens is 429 g/mol. The molecule has 3 heterocycles. The van der Waals surface area contributed by atoms with Gasteiger partial charge in [0.05, 0.1) is 16.3 Å². The van der Waals surface area contributed by atoms with E-state index in [1.165, 1.54) is 23.0 Å². The molecule has 158 valence electrons. The summed E-state index contributed by atoms with van der Waals surface area (Å²) in [7, 11) is 1.65. The van der Waals surface area contributed by atoms with Crippen LogP contribution in [-0.2, 0) is 7.05 Å². The highest BCUT2D eigenvalue weighted by atomic mass is 32.1. The normalized spacial score (nSPS) is 11.9. The molecule has 2 aromatic carbocycles. The van der Waals surface area contributed by atoms with Crippen LogP contribution in [0.3, 0.4) is 0 Å². The SMILES string of the molecule is C[n+]1cc(/N=C(\[O-])c2sc3nc(-c4ccccc4)cc(-c4cccc(F)c4)c3c2N)on1. The average Bonchev–Trinajstić information content (AvgIpc) is 3.36. The van der Waals surface area contributed by atoms with Gasteiger partial charge in [-0.2, -0.15) is 0 Å². The van der Waals surface area contributed by atoms with Crippen molar-refractivity contribution in [3.8, 4) is 22.4 Å². The second-order valence-electron chi connectivity index (χ2n) is 7.09. The van der Waals surface area contributed by atoms with Crippen LogP contribution in [0.5, 0.6) is 0 Å². The van der Waals surface area contributed by atoms with Gasteiger partial charge in [-0.05, 0) is 29.3 Å². The summed E-state index contributed by atoms with van der Waals surface area (Å²) in [4.78, 5) is 9.49. The van der Waals surface area contributed by atoms with Gasteiger partial charge in [-0.25, -0.2) is 14.4 Å². The van der Waals surface area contributed by atoms with Gasteiger partial charge in [0.2, 0.25) is 0 Å². The Morgan fingerprint density at radius 3 is 2.62 bits per heavy atom. The Hall–Kier alpha value is -4.11. The predicted molar refractivity (Wildman–Crippen MR) is 119 cm³/mol. The maximum Gasteiger partial charge on any atom is 0.320 e. The number of hydrogen-bond donors (Lipinski definition) is 1. The highest BCUT2D eigenvalue weighted by Gasteiger charge is 2.19. The van der Waals surface area contributed by atoms with Gasteiger partial charge in [-0.1, -0.05) is 47.1 Å². The van der Waals surface area contributed by atoms with Crippen molar-refractivity contribution >= 4 is 39.0 Å². The van der Waals surface area contributed by atoms with Crippen LogP contribution in [0.1, 0.15) is 4.88 Å². The molecule has 0 aliphatic rings. The number of aryl methyl sites for hydroxylation is 1. The van der Waals surface area contributed by atoms with Crippen molar-refractivity contribution in [3.63, 3.8) is 0 Å². The van der Waals surface area contributed by atoms with E-state index in [2.05, 4.69) is 10.3 Å². The second kappa shape index (κ2) is 7.86. The zero-order valence-electron chi connectivity index (χ0n) is 16.8. The Kier molecular flexibility index (Phi) is 4.87. The predicted octanol–water partition coefficient (Wildman–Crippen LogP) is 3.60. The molecule has 0 spiro atoms. The van der Waals surface area contributed by atoms with E-state index < -0.39 is 5.90 Å². The number of pyridine rings is 1. The van der Waals surface area contributed by atoms with Gasteiger partial charge in [0, 0.05) is 16.8 Å². The number of aliphatic imine (C=N–C) groups is 1. The number of nitrogen functional groups attached to an aromatic ring is 1. The van der Waals surface area contributed by atoms with Gasteiger partial charge in [-0.15, -0.1) is 11.3 Å². The maximum absolute atomic E-state index is 14.0. The summed E-state index contributed by atoms with van der Waals surface area (Å²) in [6.07, 6.45) is 1.48. The van der Waals surface area contributed by atoms with Crippen molar-refractivity contribution in [3.05, 3.63) is 77.6 Å². The fourth-order valence-electron chi connectivity index (χ4n) is 3.43. The third-order valence-corrected chi connectivity index (χ3v) is 5.96. The molecule has 0 unspecified atom stereocenters. The molecule has 0 aliphatic carbocycles. The lowest BCUT2D eigenvalue weighted by atomic mass is 9.99. The van der Waals surface area contributed by atoms with Gasteiger partial charge in [0.15, 0.2) is 12.3 Å². The molecule has 0 fully saturated rings. The summed E-state index contributed by atoms with van der Waals surface area (Å²) >= 11 is 1.14. The Morgan fingerprint density at radius 2 is 1.91 bits per heavy atom. The third-order valence-electron chi connectivity index (χ3n) is 4.87. The van der Waals surface area contributed by atoms with Gasteiger partial charge in [0.1, 0.15) is 10.6 Å². The Bertz CT molecular complexity index is 1480. The van der Waals surface area contributed by atoms with Crippen LogP contribution in [0, 0.1) is 5.82 Å². The molecule has 9 heteroatoms. The van der Waals surface area contributed by atoms with E-state index in [1.54, 1.807) is 19.2 Å². The van der Waals surface area contributed by atoms with Crippen LogP contribution in [0.4, 0.5) is 16.0 Å². The lowest BCUT2D eigenvalue weighted by molar-refractivity contribution is -0.739. The zero-order chi connectivity index (χ0) is 22.2. The molecule has 5 rings (SSSR count). The van der Waals surface area contributed by atoms with Crippen LogP contribution in [-0.4, -0.2) is 16.2 Å². The Balaban J connectivity index is 1.75. The summed E-state index contributed by atoms with van der Waals surface area (Å²) in [6, 6.07) is 17.7. The van der Waals surface area contributed by atoms with Crippen molar-refractivity contribution < 1.29 is 18.7 Å². The standard InChI is InChI=1S/C23H16FN5O2S/c1-29-12-18(31-28-29)27-22(30)21-20(25)19-16(14-8-5-9-15(24)10-14)11-17(26-23(19)32-21)13-6-3-2-4-7-13/h2-12H,1H3,(H2-,25,27,28,30). The van der Waals surface area contributed by atoms with Crippen LogP contribution < -0.4 is 15.5 Å². The number of aromatic nitrogens is 3. The first-order valence-corrected chi connectivity index (χ1v) is 10.4. The van der Waals surface area contributed by atoms with Crippen molar-refractivity contribution in [2.24, 2.45) is 12.0 Å². The molecule has 0 saturated heterocycles. The topological polar surface area (TPSA) is 104 Å². The Labute approximate surface area is 185 Å².